The van der Waals surface area contributed by atoms with Crippen LogP contribution >= 0.6 is 0 Å². The molecular formula is C31H53N3O4. The third kappa shape index (κ3) is 13.3. The number of rotatable bonds is 14. The van der Waals surface area contributed by atoms with Gasteiger partial charge in [0.15, 0.2) is 0 Å². The average Bonchev–Trinajstić information content (AvgIpc) is 2.77. The highest BCUT2D eigenvalue weighted by atomic mass is 16.6. The molecule has 0 heterocycles. The first kappa shape index (κ1) is 33.5. The van der Waals surface area contributed by atoms with Crippen molar-refractivity contribution < 1.29 is 19.1 Å². The summed E-state index contributed by atoms with van der Waals surface area (Å²) in [6.07, 6.45) is 6.17. The molecule has 0 radical (unpaired) electrons. The minimum atomic E-state index is -0.811. The van der Waals surface area contributed by atoms with E-state index >= 15 is 0 Å². The van der Waals surface area contributed by atoms with Crippen LogP contribution in [0.2, 0.25) is 0 Å². The van der Waals surface area contributed by atoms with Gasteiger partial charge in [0.05, 0.1) is 0 Å². The molecule has 7 heteroatoms. The second kappa shape index (κ2) is 15.7. The lowest BCUT2D eigenvalue weighted by atomic mass is 9.97. The lowest BCUT2D eigenvalue weighted by Crippen LogP contribution is -2.55. The van der Waals surface area contributed by atoms with E-state index in [1.54, 1.807) is 25.7 Å². The summed E-state index contributed by atoms with van der Waals surface area (Å²) in [7, 11) is 0. The summed E-state index contributed by atoms with van der Waals surface area (Å²) in [6, 6.07) is 7.80. The standard InChI is InChI=1S/C31H53N3O4/c1-10-11-12-13-14-18-21-34(26(24-19-16-15-17-20-24)27(35)33-30(4,5)6)28(36)25(22-23(2)3)32-29(37)38-31(7,8)9/h15-17,19-20,23,25-26H,10-14,18,21-22H2,1-9H3,(H,32,37)(H,33,35). The summed E-state index contributed by atoms with van der Waals surface area (Å²) in [5, 5.41) is 5.89. The number of carbonyl (C=O) groups excluding carboxylic acids is 3. The van der Waals surface area contributed by atoms with Crippen molar-refractivity contribution in [2.45, 2.75) is 130 Å². The van der Waals surface area contributed by atoms with Gasteiger partial charge in [0, 0.05) is 12.1 Å². The van der Waals surface area contributed by atoms with Gasteiger partial charge in [-0.15, -0.1) is 0 Å². The van der Waals surface area contributed by atoms with Crippen molar-refractivity contribution in [3.05, 3.63) is 35.9 Å². The molecule has 38 heavy (non-hydrogen) atoms. The fourth-order valence-electron chi connectivity index (χ4n) is 4.32. The molecule has 1 rings (SSSR count). The van der Waals surface area contributed by atoms with Crippen LogP contribution in [0.4, 0.5) is 4.79 Å². The maximum Gasteiger partial charge on any atom is 0.408 e. The highest BCUT2D eigenvalue weighted by Crippen LogP contribution is 2.25. The van der Waals surface area contributed by atoms with E-state index in [1.807, 2.05) is 65.0 Å². The van der Waals surface area contributed by atoms with Crippen LogP contribution in [0.5, 0.6) is 0 Å². The van der Waals surface area contributed by atoms with Crippen molar-refractivity contribution in [1.82, 2.24) is 15.5 Å². The van der Waals surface area contributed by atoms with E-state index in [-0.39, 0.29) is 17.7 Å². The molecule has 0 fully saturated rings. The summed E-state index contributed by atoms with van der Waals surface area (Å²) < 4.78 is 5.47. The van der Waals surface area contributed by atoms with Gasteiger partial charge in [0.25, 0.3) is 0 Å². The Morgan fingerprint density at radius 1 is 0.895 bits per heavy atom. The predicted molar refractivity (Wildman–Crippen MR) is 155 cm³/mol. The summed E-state index contributed by atoms with van der Waals surface area (Å²) >= 11 is 0. The SMILES string of the molecule is CCCCCCCCN(C(=O)C(CC(C)C)NC(=O)OC(C)(C)C)C(C(=O)NC(C)(C)C)c1ccccc1. The minimum Gasteiger partial charge on any atom is -0.444 e. The minimum absolute atomic E-state index is 0.147. The Hall–Kier alpha value is -2.57. The van der Waals surface area contributed by atoms with Crippen molar-refractivity contribution in [3.8, 4) is 0 Å². The number of nitrogens with zero attached hydrogens (tertiary/aromatic N) is 1. The molecule has 0 aliphatic heterocycles. The topological polar surface area (TPSA) is 87.7 Å². The number of amides is 3. The van der Waals surface area contributed by atoms with E-state index in [2.05, 4.69) is 17.6 Å². The molecule has 216 valence electrons. The van der Waals surface area contributed by atoms with Crippen LogP contribution in [0.25, 0.3) is 0 Å². The number of hydrogen-bond acceptors (Lipinski definition) is 4. The number of ether oxygens (including phenoxy) is 1. The molecule has 0 aliphatic rings. The van der Waals surface area contributed by atoms with Crippen molar-refractivity contribution in [2.75, 3.05) is 6.54 Å². The number of hydrogen-bond donors (Lipinski definition) is 2. The van der Waals surface area contributed by atoms with Gasteiger partial charge in [0.1, 0.15) is 17.7 Å². The summed E-state index contributed by atoms with van der Waals surface area (Å²) in [5.41, 5.74) is -0.410. The number of carbonyl (C=O) groups is 3. The first-order valence-corrected chi connectivity index (χ1v) is 14.3. The molecular weight excluding hydrogens is 478 g/mol. The lowest BCUT2D eigenvalue weighted by molar-refractivity contribution is -0.143. The third-order valence-corrected chi connectivity index (χ3v) is 5.91. The Kier molecular flexibility index (Phi) is 13.9. The van der Waals surface area contributed by atoms with Crippen LogP contribution in [0.1, 0.15) is 119 Å². The maximum absolute atomic E-state index is 14.2. The first-order valence-electron chi connectivity index (χ1n) is 14.3. The molecule has 1 aromatic carbocycles. The Balaban J connectivity index is 3.40. The van der Waals surface area contributed by atoms with Gasteiger partial charge in [-0.05, 0) is 65.9 Å². The predicted octanol–water partition coefficient (Wildman–Crippen LogP) is 6.77. The largest absolute Gasteiger partial charge is 0.444 e. The smallest absolute Gasteiger partial charge is 0.408 e. The van der Waals surface area contributed by atoms with Gasteiger partial charge in [-0.1, -0.05) is 83.2 Å². The van der Waals surface area contributed by atoms with Crippen molar-refractivity contribution in [3.63, 3.8) is 0 Å². The fraction of sp³-hybridized carbons (Fsp3) is 0.710. The Morgan fingerprint density at radius 3 is 2.00 bits per heavy atom. The van der Waals surface area contributed by atoms with Crippen LogP contribution in [0, 0.1) is 5.92 Å². The number of alkyl carbamates (subject to hydrolysis) is 1. The molecule has 1 aromatic rings. The summed E-state index contributed by atoms with van der Waals surface area (Å²) in [5.74, 6) is -0.354. The second-order valence-electron chi connectivity index (χ2n) is 12.7. The number of benzene rings is 1. The van der Waals surface area contributed by atoms with Gasteiger partial charge >= 0.3 is 6.09 Å². The van der Waals surface area contributed by atoms with Gasteiger partial charge < -0.3 is 20.3 Å². The Bertz CT molecular complexity index is 856. The molecule has 2 N–H and O–H groups in total. The zero-order valence-corrected chi connectivity index (χ0v) is 25.4. The molecule has 2 unspecified atom stereocenters. The fourth-order valence-corrected chi connectivity index (χ4v) is 4.32. The van der Waals surface area contributed by atoms with Gasteiger partial charge in [-0.3, -0.25) is 9.59 Å². The molecule has 0 saturated heterocycles. The molecule has 0 aliphatic carbocycles. The molecule has 3 amide bonds. The van der Waals surface area contributed by atoms with Crippen molar-refractivity contribution >= 4 is 17.9 Å². The molecule has 7 nitrogen and oxygen atoms in total. The molecule has 0 spiro atoms. The van der Waals surface area contributed by atoms with E-state index in [0.717, 1.165) is 31.2 Å². The molecule has 0 saturated carbocycles. The van der Waals surface area contributed by atoms with Gasteiger partial charge in [-0.2, -0.15) is 0 Å². The summed E-state index contributed by atoms with van der Waals surface area (Å²) in [4.78, 5) is 42.3. The molecule has 0 bridgehead atoms. The first-order chi connectivity index (χ1) is 17.6. The van der Waals surface area contributed by atoms with Crippen molar-refractivity contribution in [1.29, 1.82) is 0 Å². The van der Waals surface area contributed by atoms with Crippen LogP contribution in [0.15, 0.2) is 30.3 Å². The van der Waals surface area contributed by atoms with Crippen LogP contribution in [-0.2, 0) is 14.3 Å². The lowest BCUT2D eigenvalue weighted by Gasteiger charge is -2.36. The third-order valence-electron chi connectivity index (χ3n) is 5.91. The zero-order valence-electron chi connectivity index (χ0n) is 25.4. The Labute approximate surface area is 231 Å². The summed E-state index contributed by atoms with van der Waals surface area (Å²) in [6.45, 7) is 17.8. The number of unbranched alkanes of at least 4 members (excludes halogenated alkanes) is 5. The highest BCUT2D eigenvalue weighted by Gasteiger charge is 2.37. The zero-order chi connectivity index (χ0) is 28.9. The quantitative estimate of drug-likeness (QED) is 0.259. The van der Waals surface area contributed by atoms with Gasteiger partial charge in [0.2, 0.25) is 11.8 Å². The monoisotopic (exact) mass is 531 g/mol. The van der Waals surface area contributed by atoms with E-state index in [0.29, 0.717) is 13.0 Å². The normalized spacial score (nSPS) is 13.5. The van der Waals surface area contributed by atoms with E-state index in [4.69, 9.17) is 4.74 Å². The highest BCUT2D eigenvalue weighted by molar-refractivity contribution is 5.92. The average molecular weight is 532 g/mol. The van der Waals surface area contributed by atoms with E-state index < -0.39 is 29.3 Å². The number of nitrogens with one attached hydrogen (secondary N) is 2. The van der Waals surface area contributed by atoms with Crippen LogP contribution in [0.3, 0.4) is 0 Å². The van der Waals surface area contributed by atoms with E-state index in [9.17, 15) is 14.4 Å². The molecule has 2 atom stereocenters. The van der Waals surface area contributed by atoms with Crippen LogP contribution in [-0.4, -0.2) is 46.5 Å². The van der Waals surface area contributed by atoms with Crippen LogP contribution < -0.4 is 10.6 Å². The van der Waals surface area contributed by atoms with Crippen molar-refractivity contribution in [2.24, 2.45) is 5.92 Å². The van der Waals surface area contributed by atoms with E-state index in [1.165, 1.54) is 12.8 Å². The van der Waals surface area contributed by atoms with Gasteiger partial charge in [-0.25, -0.2) is 4.79 Å². The second-order valence-corrected chi connectivity index (χ2v) is 12.7. The maximum atomic E-state index is 14.2. The molecule has 0 aromatic heterocycles. The Morgan fingerprint density at radius 2 is 1.47 bits per heavy atom.